The van der Waals surface area contributed by atoms with E-state index in [1.165, 1.54) is 6.08 Å². The highest BCUT2D eigenvalue weighted by Crippen LogP contribution is 2.05. The van der Waals surface area contributed by atoms with Crippen molar-refractivity contribution in [3.63, 3.8) is 0 Å². The lowest BCUT2D eigenvalue weighted by Gasteiger charge is -2.19. The van der Waals surface area contributed by atoms with Crippen LogP contribution < -0.4 is 5.11 Å². The van der Waals surface area contributed by atoms with Gasteiger partial charge in [-0.1, -0.05) is 26.3 Å². The van der Waals surface area contributed by atoms with E-state index in [2.05, 4.69) is 6.58 Å². The molecule has 0 rings (SSSR count). The zero-order valence-electron chi connectivity index (χ0n) is 8.29. The minimum absolute atomic E-state index is 0.304. The highest BCUT2D eigenvalue weighted by molar-refractivity contribution is 5.70. The molecule has 0 aliphatic heterocycles. The van der Waals surface area contributed by atoms with Gasteiger partial charge in [0, 0.05) is 0 Å². The molecule has 0 N–H and O–H groups in total. The summed E-state index contributed by atoms with van der Waals surface area (Å²) < 4.78 is 5.16. The second-order valence-corrected chi connectivity index (χ2v) is 3.18. The number of carboxylic acid groups (broad SMARTS) is 1. The fourth-order valence-corrected chi connectivity index (χ4v) is 0.782. The van der Waals surface area contributed by atoms with Crippen LogP contribution in [0.4, 0.5) is 0 Å². The monoisotopic (exact) mass is 185 g/mol. The molecule has 0 aromatic heterocycles. The molecule has 0 amide bonds. The van der Waals surface area contributed by atoms with E-state index in [1.807, 2.05) is 13.8 Å². The van der Waals surface area contributed by atoms with Gasteiger partial charge in [0.05, 0.1) is 12.6 Å². The molecular weight excluding hydrogens is 168 g/mol. The van der Waals surface area contributed by atoms with Crippen LogP contribution in [0.25, 0.3) is 0 Å². The smallest absolute Gasteiger partial charge is 0.100 e. The zero-order chi connectivity index (χ0) is 10.3. The van der Waals surface area contributed by atoms with Crippen LogP contribution in [-0.2, 0) is 9.53 Å². The van der Waals surface area contributed by atoms with E-state index in [0.717, 1.165) is 6.42 Å². The first-order valence-electron chi connectivity index (χ1n) is 4.55. The number of aliphatic carboxylic acids is 1. The Hall–Kier alpha value is -0.830. The minimum atomic E-state index is -1.16. The van der Waals surface area contributed by atoms with Gasteiger partial charge in [-0.05, 0) is 12.3 Å². The van der Waals surface area contributed by atoms with E-state index in [-0.39, 0.29) is 0 Å². The number of ether oxygens (including phenoxy) is 1. The normalized spacial score (nSPS) is 14.9. The molecule has 3 nitrogen and oxygen atoms in total. The number of carboxylic acids is 1. The second kappa shape index (κ2) is 6.66. The average molecular weight is 185 g/mol. The van der Waals surface area contributed by atoms with E-state index in [1.54, 1.807) is 0 Å². The highest BCUT2D eigenvalue weighted by atomic mass is 16.5. The second-order valence-electron chi connectivity index (χ2n) is 3.18. The molecule has 13 heavy (non-hydrogen) atoms. The lowest BCUT2D eigenvalue weighted by Crippen LogP contribution is -2.38. The Labute approximate surface area is 79.4 Å². The number of carbonyl (C=O) groups is 1. The molecule has 0 radical (unpaired) electrons. The molecule has 0 aromatic rings. The van der Waals surface area contributed by atoms with Crippen molar-refractivity contribution in [1.82, 2.24) is 0 Å². The van der Waals surface area contributed by atoms with Gasteiger partial charge in [-0.25, -0.2) is 0 Å². The maximum atomic E-state index is 10.5. The highest BCUT2D eigenvalue weighted by Gasteiger charge is 2.09. The van der Waals surface area contributed by atoms with E-state index < -0.39 is 12.1 Å². The van der Waals surface area contributed by atoms with E-state index in [0.29, 0.717) is 18.9 Å². The Morgan fingerprint density at radius 3 is 2.69 bits per heavy atom. The lowest BCUT2D eigenvalue weighted by atomic mass is 10.1. The van der Waals surface area contributed by atoms with Gasteiger partial charge in [-0.2, -0.15) is 0 Å². The minimum Gasteiger partial charge on any atom is -0.547 e. The molecule has 2 atom stereocenters. The van der Waals surface area contributed by atoms with Crippen LogP contribution in [0.2, 0.25) is 0 Å². The molecule has 0 heterocycles. The van der Waals surface area contributed by atoms with Crippen LogP contribution in [0.3, 0.4) is 0 Å². The molecule has 76 valence electrons. The van der Waals surface area contributed by atoms with E-state index >= 15 is 0 Å². The van der Waals surface area contributed by atoms with Crippen molar-refractivity contribution in [2.24, 2.45) is 5.92 Å². The third-order valence-electron chi connectivity index (χ3n) is 1.92. The van der Waals surface area contributed by atoms with E-state index in [9.17, 15) is 9.90 Å². The summed E-state index contributed by atoms with van der Waals surface area (Å²) in [5.74, 6) is -0.783. The Balaban J connectivity index is 3.81. The number of rotatable bonds is 7. The number of hydrogen-bond acceptors (Lipinski definition) is 3. The maximum absolute atomic E-state index is 10.5. The van der Waals surface area contributed by atoms with Gasteiger partial charge in [-0.3, -0.25) is 0 Å². The predicted molar refractivity (Wildman–Crippen MR) is 49.0 cm³/mol. The first kappa shape index (κ1) is 12.2. The van der Waals surface area contributed by atoms with E-state index in [4.69, 9.17) is 4.74 Å². The zero-order valence-corrected chi connectivity index (χ0v) is 8.29. The Morgan fingerprint density at radius 1 is 1.69 bits per heavy atom. The van der Waals surface area contributed by atoms with Crippen LogP contribution >= 0.6 is 0 Å². The summed E-state index contributed by atoms with van der Waals surface area (Å²) in [7, 11) is 0. The van der Waals surface area contributed by atoms with Gasteiger partial charge in [0.15, 0.2) is 0 Å². The van der Waals surface area contributed by atoms with Crippen molar-refractivity contribution in [2.75, 3.05) is 6.61 Å². The number of carbonyl (C=O) groups excluding carboxylic acids is 1. The molecule has 0 saturated carbocycles. The van der Waals surface area contributed by atoms with Gasteiger partial charge in [-0.15, -0.1) is 6.58 Å². The quantitative estimate of drug-likeness (QED) is 0.550. The summed E-state index contributed by atoms with van der Waals surface area (Å²) in [5.41, 5.74) is 0. The first-order chi connectivity index (χ1) is 6.11. The van der Waals surface area contributed by atoms with Crippen molar-refractivity contribution in [2.45, 2.75) is 32.8 Å². The van der Waals surface area contributed by atoms with Crippen LogP contribution in [0.15, 0.2) is 12.7 Å². The first-order valence-corrected chi connectivity index (χ1v) is 4.55. The molecule has 0 bridgehead atoms. The van der Waals surface area contributed by atoms with Gasteiger partial charge in [0.25, 0.3) is 0 Å². The van der Waals surface area contributed by atoms with Crippen molar-refractivity contribution in [3.8, 4) is 0 Å². The number of hydrogen-bond donors (Lipinski definition) is 0. The molecular formula is C10H17O3-. The van der Waals surface area contributed by atoms with Gasteiger partial charge < -0.3 is 14.6 Å². The third kappa shape index (κ3) is 5.42. The van der Waals surface area contributed by atoms with Crippen molar-refractivity contribution in [1.29, 1.82) is 0 Å². The largest absolute Gasteiger partial charge is 0.547 e. The molecule has 0 aliphatic carbocycles. The lowest BCUT2D eigenvalue weighted by molar-refractivity contribution is -0.316. The Morgan fingerprint density at radius 2 is 2.31 bits per heavy atom. The van der Waals surface area contributed by atoms with Gasteiger partial charge in [0.2, 0.25) is 0 Å². The summed E-state index contributed by atoms with van der Waals surface area (Å²) in [6.07, 6.45) is 1.97. The topological polar surface area (TPSA) is 49.4 Å². The van der Waals surface area contributed by atoms with Crippen molar-refractivity contribution in [3.05, 3.63) is 12.7 Å². The third-order valence-corrected chi connectivity index (χ3v) is 1.92. The Bertz CT molecular complexity index is 166. The Kier molecular flexibility index (Phi) is 6.24. The van der Waals surface area contributed by atoms with Crippen LogP contribution in [-0.4, -0.2) is 18.7 Å². The predicted octanol–water partition coefficient (Wildman–Crippen LogP) is 0.744. The molecule has 0 aliphatic rings. The van der Waals surface area contributed by atoms with Crippen molar-refractivity contribution < 1.29 is 14.6 Å². The summed E-state index contributed by atoms with van der Waals surface area (Å²) >= 11 is 0. The summed E-state index contributed by atoms with van der Waals surface area (Å²) in [6, 6.07) is 0. The molecule has 0 spiro atoms. The maximum Gasteiger partial charge on any atom is 0.100 e. The average Bonchev–Trinajstić information content (AvgIpc) is 2.11. The molecule has 3 heteroatoms. The van der Waals surface area contributed by atoms with Crippen molar-refractivity contribution >= 4 is 5.97 Å². The summed E-state index contributed by atoms with van der Waals surface area (Å²) in [6.45, 7) is 7.97. The fraction of sp³-hybridized carbons (Fsp3) is 0.700. The molecule has 0 saturated heterocycles. The van der Waals surface area contributed by atoms with Crippen LogP contribution in [0.1, 0.15) is 26.7 Å². The van der Waals surface area contributed by atoms with Crippen LogP contribution in [0, 0.1) is 5.92 Å². The molecule has 2 unspecified atom stereocenters. The molecule has 0 aromatic carbocycles. The van der Waals surface area contributed by atoms with Gasteiger partial charge >= 0.3 is 0 Å². The standard InChI is InChI=1S/C10H18O3/c1-4-6-9(10(11)12)13-7-8(3)5-2/h4,8-9H,1,5-7H2,2-3H3,(H,11,12)/p-1. The van der Waals surface area contributed by atoms with Gasteiger partial charge in [0.1, 0.15) is 6.10 Å². The fourth-order valence-electron chi connectivity index (χ4n) is 0.782. The SMILES string of the molecule is C=CCC(OCC(C)CC)C(=O)[O-]. The van der Waals surface area contributed by atoms with Crippen LogP contribution in [0.5, 0.6) is 0 Å². The summed E-state index contributed by atoms with van der Waals surface area (Å²) in [4.78, 5) is 10.5. The summed E-state index contributed by atoms with van der Waals surface area (Å²) in [5, 5.41) is 10.5. The molecule has 0 fully saturated rings.